The summed E-state index contributed by atoms with van der Waals surface area (Å²) in [4.78, 5) is 34.7. The molecule has 1 saturated heterocycles. The molecule has 2 aliphatic rings. The van der Waals surface area contributed by atoms with Crippen LogP contribution in [0.1, 0.15) is 53.0 Å². The first-order valence-corrected chi connectivity index (χ1v) is 15.2. The number of hydrogen-bond donors (Lipinski definition) is 2. The number of rotatable bonds is 8. The number of alkyl halides is 3. The second-order valence-corrected chi connectivity index (χ2v) is 11.8. The number of hydrogen-bond acceptors (Lipinski definition) is 7. The molecule has 1 saturated carbocycles. The molecule has 2 aromatic heterocycles. The first-order chi connectivity index (χ1) is 22.0. The molecule has 0 spiro atoms. The van der Waals surface area contributed by atoms with Crippen molar-refractivity contribution in [2.24, 2.45) is 5.92 Å². The number of para-hydroxylation sites is 1. The van der Waals surface area contributed by atoms with Crippen molar-refractivity contribution >= 4 is 23.1 Å². The fraction of sp³-hybridized carbons (Fsp3) is 0.394. The third-order valence-corrected chi connectivity index (χ3v) is 8.81. The number of piperazine rings is 1. The van der Waals surface area contributed by atoms with Gasteiger partial charge < -0.3 is 20.1 Å². The predicted molar refractivity (Wildman–Crippen MR) is 164 cm³/mol. The lowest BCUT2D eigenvalue weighted by Crippen LogP contribution is -2.55. The van der Waals surface area contributed by atoms with Gasteiger partial charge in [0.2, 0.25) is 5.91 Å². The van der Waals surface area contributed by atoms with Crippen LogP contribution in [0.15, 0.2) is 54.7 Å². The number of carbonyl (C=O) groups is 2. The molecule has 4 aromatic rings. The lowest BCUT2D eigenvalue weighted by molar-refractivity contribution is -0.143. The standard InChI is InChI=1S/C33H35F3N6O4/c1-19-17-40(27(18-43)24-6-4-5-7-26(24)38-31(44)22-8-9-22)14-15-41(19)32(45)25-16-37-42-29(33(34,35)36)20(2)28(39-30(25)42)21-10-12-23(46-3)13-11-21/h4-7,10-13,16,19,22,27,43H,8-9,14-15,17-18H2,1-3H3,(H,38,44)/t19-,27-/m1/s1. The first kappa shape index (κ1) is 31.5. The Morgan fingerprint density at radius 3 is 2.46 bits per heavy atom. The van der Waals surface area contributed by atoms with E-state index in [2.05, 4.69) is 20.3 Å². The molecule has 1 aliphatic heterocycles. The van der Waals surface area contributed by atoms with E-state index in [9.17, 15) is 27.9 Å². The number of carbonyl (C=O) groups excluding carboxylic acids is 2. The van der Waals surface area contributed by atoms with E-state index >= 15 is 0 Å². The Labute approximate surface area is 263 Å². The molecule has 3 heterocycles. The molecular formula is C33H35F3N6O4. The quantitative estimate of drug-likeness (QED) is 0.281. The van der Waals surface area contributed by atoms with E-state index in [-0.39, 0.29) is 53.5 Å². The highest BCUT2D eigenvalue weighted by molar-refractivity contribution is 6.00. The maximum atomic E-state index is 14.4. The summed E-state index contributed by atoms with van der Waals surface area (Å²) >= 11 is 0. The number of nitrogens with zero attached hydrogens (tertiary/aromatic N) is 5. The second-order valence-electron chi connectivity index (χ2n) is 11.8. The summed E-state index contributed by atoms with van der Waals surface area (Å²) in [6.07, 6.45) is -1.88. The third kappa shape index (κ3) is 5.92. The summed E-state index contributed by atoms with van der Waals surface area (Å²) in [6.45, 7) is 4.02. The fourth-order valence-corrected chi connectivity index (χ4v) is 6.21. The summed E-state index contributed by atoms with van der Waals surface area (Å²) in [5.74, 6) is 0.0498. The van der Waals surface area contributed by atoms with Crippen LogP contribution in [0.4, 0.5) is 18.9 Å². The van der Waals surface area contributed by atoms with Crippen molar-refractivity contribution in [3.05, 3.63) is 77.1 Å². The summed E-state index contributed by atoms with van der Waals surface area (Å²) in [5.41, 5.74) is 0.620. The van der Waals surface area contributed by atoms with Crippen LogP contribution in [0.5, 0.6) is 5.75 Å². The number of aliphatic hydroxyl groups excluding tert-OH is 1. The molecule has 1 aliphatic carbocycles. The van der Waals surface area contributed by atoms with Crippen molar-refractivity contribution < 1.29 is 32.6 Å². The van der Waals surface area contributed by atoms with Crippen LogP contribution in [0, 0.1) is 12.8 Å². The van der Waals surface area contributed by atoms with E-state index < -0.39 is 23.8 Å². The average molecular weight is 637 g/mol. The van der Waals surface area contributed by atoms with Crippen molar-refractivity contribution in [3.8, 4) is 17.0 Å². The molecule has 2 aromatic carbocycles. The minimum absolute atomic E-state index is 0.0213. The molecule has 46 heavy (non-hydrogen) atoms. The van der Waals surface area contributed by atoms with Gasteiger partial charge in [-0.15, -0.1) is 0 Å². The smallest absolute Gasteiger partial charge is 0.433 e. The van der Waals surface area contributed by atoms with Crippen LogP contribution in [-0.4, -0.2) is 80.7 Å². The van der Waals surface area contributed by atoms with Gasteiger partial charge in [-0.05, 0) is 62.6 Å². The van der Waals surface area contributed by atoms with E-state index in [1.54, 1.807) is 29.2 Å². The number of nitrogens with one attached hydrogen (secondary N) is 1. The van der Waals surface area contributed by atoms with Crippen LogP contribution in [0.25, 0.3) is 16.9 Å². The third-order valence-electron chi connectivity index (χ3n) is 8.81. The molecule has 2 atom stereocenters. The number of amides is 2. The summed E-state index contributed by atoms with van der Waals surface area (Å²) in [6, 6.07) is 13.1. The highest BCUT2D eigenvalue weighted by Crippen LogP contribution is 2.38. The van der Waals surface area contributed by atoms with Crippen LogP contribution in [-0.2, 0) is 11.0 Å². The van der Waals surface area contributed by atoms with Gasteiger partial charge >= 0.3 is 6.18 Å². The zero-order valence-corrected chi connectivity index (χ0v) is 25.7. The molecular weight excluding hydrogens is 601 g/mol. The van der Waals surface area contributed by atoms with Gasteiger partial charge in [-0.2, -0.15) is 18.3 Å². The first-order valence-electron chi connectivity index (χ1n) is 15.2. The van der Waals surface area contributed by atoms with Crippen LogP contribution in [0.2, 0.25) is 0 Å². The number of ether oxygens (including phenoxy) is 1. The SMILES string of the molecule is COc1ccc(-c2nc3c(C(=O)N4CCN([C@H](CO)c5ccccc5NC(=O)C5CC5)C[C@H]4C)cnn3c(C(F)(F)F)c2C)cc1. The van der Waals surface area contributed by atoms with Crippen molar-refractivity contribution in [1.29, 1.82) is 0 Å². The van der Waals surface area contributed by atoms with E-state index in [1.165, 1.54) is 14.0 Å². The number of aliphatic hydroxyl groups is 1. The maximum absolute atomic E-state index is 14.4. The van der Waals surface area contributed by atoms with Crippen LogP contribution in [0.3, 0.4) is 0 Å². The van der Waals surface area contributed by atoms with Gasteiger partial charge in [-0.3, -0.25) is 14.5 Å². The van der Waals surface area contributed by atoms with Gasteiger partial charge in [-0.1, -0.05) is 18.2 Å². The molecule has 2 N–H and O–H groups in total. The van der Waals surface area contributed by atoms with Crippen molar-refractivity contribution in [2.75, 3.05) is 38.7 Å². The number of fused-ring (bicyclic) bond motifs is 1. The Morgan fingerprint density at radius 2 is 1.83 bits per heavy atom. The number of anilines is 1. The number of halogens is 3. The van der Waals surface area contributed by atoms with Gasteiger partial charge in [0.25, 0.3) is 5.91 Å². The summed E-state index contributed by atoms with van der Waals surface area (Å²) < 4.78 is 49.1. The summed E-state index contributed by atoms with van der Waals surface area (Å²) in [7, 11) is 1.50. The zero-order valence-electron chi connectivity index (χ0n) is 25.7. The van der Waals surface area contributed by atoms with Gasteiger partial charge in [0, 0.05) is 48.4 Å². The molecule has 0 unspecified atom stereocenters. The van der Waals surface area contributed by atoms with E-state index in [0.29, 0.717) is 34.6 Å². The molecule has 13 heteroatoms. The van der Waals surface area contributed by atoms with Crippen molar-refractivity contribution in [1.82, 2.24) is 24.4 Å². The summed E-state index contributed by atoms with van der Waals surface area (Å²) in [5, 5.41) is 17.4. The van der Waals surface area contributed by atoms with Crippen molar-refractivity contribution in [2.45, 2.75) is 44.9 Å². The molecule has 2 amide bonds. The van der Waals surface area contributed by atoms with Crippen LogP contribution >= 0.6 is 0 Å². The highest BCUT2D eigenvalue weighted by atomic mass is 19.4. The monoisotopic (exact) mass is 636 g/mol. The molecule has 0 bridgehead atoms. The number of methoxy groups -OCH3 is 1. The van der Waals surface area contributed by atoms with E-state index in [4.69, 9.17) is 4.74 Å². The average Bonchev–Trinajstić information content (AvgIpc) is 3.81. The van der Waals surface area contributed by atoms with Gasteiger partial charge in [0.05, 0.1) is 31.6 Å². The minimum atomic E-state index is -4.76. The fourth-order valence-electron chi connectivity index (χ4n) is 6.21. The maximum Gasteiger partial charge on any atom is 0.433 e. The molecule has 242 valence electrons. The van der Waals surface area contributed by atoms with Gasteiger partial charge in [-0.25, -0.2) is 9.50 Å². The Hall–Kier alpha value is -4.49. The van der Waals surface area contributed by atoms with Crippen molar-refractivity contribution in [3.63, 3.8) is 0 Å². The topological polar surface area (TPSA) is 112 Å². The van der Waals surface area contributed by atoms with Crippen LogP contribution < -0.4 is 10.1 Å². The Balaban J connectivity index is 1.28. The molecule has 0 radical (unpaired) electrons. The second kappa shape index (κ2) is 12.4. The molecule has 6 rings (SSSR count). The molecule has 2 fully saturated rings. The zero-order chi connectivity index (χ0) is 32.7. The Bertz CT molecular complexity index is 1770. The Morgan fingerprint density at radius 1 is 1.11 bits per heavy atom. The normalized spacial score (nSPS) is 18.1. The highest BCUT2D eigenvalue weighted by Gasteiger charge is 2.40. The Kier molecular flexibility index (Phi) is 8.47. The van der Waals surface area contributed by atoms with E-state index in [1.807, 2.05) is 31.2 Å². The minimum Gasteiger partial charge on any atom is -0.497 e. The van der Waals surface area contributed by atoms with Gasteiger partial charge in [0.1, 0.15) is 11.3 Å². The van der Waals surface area contributed by atoms with Gasteiger partial charge in [0.15, 0.2) is 11.3 Å². The van der Waals surface area contributed by atoms with E-state index in [0.717, 1.165) is 24.6 Å². The number of benzene rings is 2. The largest absolute Gasteiger partial charge is 0.497 e. The number of aromatic nitrogens is 3. The predicted octanol–water partition coefficient (Wildman–Crippen LogP) is 4.96. The lowest BCUT2D eigenvalue weighted by atomic mass is 10.0. The molecule has 10 nitrogen and oxygen atoms in total. The lowest BCUT2D eigenvalue weighted by Gasteiger charge is -2.43.